The fourth-order valence-electron chi connectivity index (χ4n) is 1.54. The second-order valence-corrected chi connectivity index (χ2v) is 3.09. The molecule has 1 radical (unpaired) electrons. The van der Waals surface area contributed by atoms with Crippen molar-refractivity contribution in [2.45, 2.75) is 6.92 Å². The van der Waals surface area contributed by atoms with E-state index in [1.165, 1.54) is 0 Å². The smallest absolute Gasteiger partial charge is 0.525 e. The first-order valence-electron chi connectivity index (χ1n) is 4.27. The van der Waals surface area contributed by atoms with Gasteiger partial charge in [0.25, 0.3) is 0 Å². The number of aromatic nitrogens is 2. The summed E-state index contributed by atoms with van der Waals surface area (Å²) in [5.41, 5.74) is 1.99. The highest BCUT2D eigenvalue weighted by Gasteiger charge is 2.08. The van der Waals surface area contributed by atoms with Crippen LogP contribution >= 0.6 is 0 Å². The van der Waals surface area contributed by atoms with Crippen molar-refractivity contribution in [1.29, 1.82) is 0 Å². The zero-order valence-electron chi connectivity index (χ0n) is 8.06. The van der Waals surface area contributed by atoms with Gasteiger partial charge < -0.3 is 14.2 Å². The quantitative estimate of drug-likeness (QED) is 0.710. The van der Waals surface area contributed by atoms with Crippen LogP contribution < -0.4 is 4.65 Å². The van der Waals surface area contributed by atoms with Gasteiger partial charge in [0, 0.05) is 30.4 Å². The van der Waals surface area contributed by atoms with E-state index in [1.54, 1.807) is 6.20 Å². The first kappa shape index (κ1) is 9.08. The molecular weight excluding hydrogens is 179 g/mol. The number of rotatable bonds is 2. The number of fused-ring (bicyclic) bond motifs is 1. The molecule has 0 bridgehead atoms. The molecule has 0 amide bonds. The summed E-state index contributed by atoms with van der Waals surface area (Å²) >= 11 is 0. The number of pyridine rings is 1. The Balaban J connectivity index is 2.67. The van der Waals surface area contributed by atoms with Crippen LogP contribution in [0.5, 0.6) is 5.88 Å². The van der Waals surface area contributed by atoms with E-state index in [-0.39, 0.29) is 0 Å². The monoisotopic (exact) mass is 189 g/mol. The van der Waals surface area contributed by atoms with Gasteiger partial charge in [-0.1, -0.05) is 0 Å². The summed E-state index contributed by atoms with van der Waals surface area (Å²) < 4.78 is 6.80. The Morgan fingerprint density at radius 2 is 2.36 bits per heavy atom. The maximum absolute atomic E-state index is 8.56. The van der Waals surface area contributed by atoms with Gasteiger partial charge in [0.05, 0.1) is 5.52 Å². The van der Waals surface area contributed by atoms with E-state index in [1.807, 2.05) is 30.7 Å². The summed E-state index contributed by atoms with van der Waals surface area (Å²) in [4.78, 5) is 4.18. The lowest BCUT2D eigenvalue weighted by Crippen LogP contribution is -2.03. The van der Waals surface area contributed by atoms with Gasteiger partial charge in [-0.25, -0.2) is 0 Å². The molecule has 0 unspecified atom stereocenters. The van der Waals surface area contributed by atoms with E-state index in [2.05, 4.69) is 4.98 Å². The third-order valence-electron chi connectivity index (χ3n) is 2.30. The van der Waals surface area contributed by atoms with E-state index < -0.39 is 0 Å². The van der Waals surface area contributed by atoms with Crippen LogP contribution in [0.3, 0.4) is 0 Å². The van der Waals surface area contributed by atoms with Crippen LogP contribution in [0, 0.1) is 6.92 Å². The van der Waals surface area contributed by atoms with Gasteiger partial charge in [0.15, 0.2) is 5.88 Å². The minimum absolute atomic E-state index is 0.596. The van der Waals surface area contributed by atoms with Gasteiger partial charge in [0.1, 0.15) is 0 Å². The highest BCUT2D eigenvalue weighted by molar-refractivity contribution is 6.17. The number of aryl methyl sites for hydroxylation is 2. The molecule has 2 heterocycles. The molecule has 0 saturated heterocycles. The molecule has 0 saturated carbocycles. The van der Waals surface area contributed by atoms with Gasteiger partial charge in [0.2, 0.25) is 0 Å². The van der Waals surface area contributed by atoms with Crippen molar-refractivity contribution < 1.29 is 9.68 Å². The molecule has 71 valence electrons. The first-order valence-corrected chi connectivity index (χ1v) is 4.27. The molecule has 0 fully saturated rings. The lowest BCUT2D eigenvalue weighted by Gasteiger charge is -2.02. The number of hydrogen-bond donors (Lipinski definition) is 1. The average Bonchev–Trinajstić information content (AvgIpc) is 2.48. The molecule has 1 N–H and O–H groups in total. The van der Waals surface area contributed by atoms with Crippen LogP contribution in [0.25, 0.3) is 10.9 Å². The van der Waals surface area contributed by atoms with E-state index >= 15 is 0 Å². The summed E-state index contributed by atoms with van der Waals surface area (Å²) in [6.45, 7) is 1.94. The van der Waals surface area contributed by atoms with Crippen molar-refractivity contribution in [3.63, 3.8) is 0 Å². The zero-order chi connectivity index (χ0) is 10.1. The summed E-state index contributed by atoms with van der Waals surface area (Å²) in [5.74, 6) is 0.596. The third kappa shape index (κ3) is 1.26. The molecule has 0 spiro atoms. The van der Waals surface area contributed by atoms with Crippen molar-refractivity contribution in [1.82, 2.24) is 9.55 Å². The molecule has 2 rings (SSSR count). The topological polar surface area (TPSA) is 47.3 Å². The lowest BCUT2D eigenvalue weighted by atomic mass is 10.2. The SMILES string of the molecule is Cc1nccc2c1cc(O[B]O)n2C. The molecule has 0 aliphatic carbocycles. The Bertz CT molecular complexity index is 467. The molecule has 0 aromatic carbocycles. The van der Waals surface area contributed by atoms with Crippen molar-refractivity contribution in [2.75, 3.05) is 0 Å². The van der Waals surface area contributed by atoms with Crippen molar-refractivity contribution in [3.8, 4) is 5.88 Å². The second-order valence-electron chi connectivity index (χ2n) is 3.09. The zero-order valence-corrected chi connectivity index (χ0v) is 8.06. The number of hydrogen-bond acceptors (Lipinski definition) is 3. The largest absolute Gasteiger partial charge is 0.570 e. The van der Waals surface area contributed by atoms with Gasteiger partial charge >= 0.3 is 7.69 Å². The Hall–Kier alpha value is -1.49. The predicted molar refractivity (Wildman–Crippen MR) is 54.1 cm³/mol. The number of nitrogens with zero attached hydrogens (tertiary/aromatic N) is 2. The molecule has 2 aromatic heterocycles. The minimum Gasteiger partial charge on any atom is -0.525 e. The predicted octanol–water partition coefficient (Wildman–Crippen LogP) is 0.787. The Morgan fingerprint density at radius 3 is 3.00 bits per heavy atom. The minimum atomic E-state index is 0.596. The van der Waals surface area contributed by atoms with E-state index in [0.717, 1.165) is 16.6 Å². The molecule has 0 atom stereocenters. The van der Waals surface area contributed by atoms with Crippen LogP contribution in [0.1, 0.15) is 5.69 Å². The van der Waals surface area contributed by atoms with Crippen molar-refractivity contribution in [3.05, 3.63) is 24.0 Å². The van der Waals surface area contributed by atoms with E-state index in [9.17, 15) is 0 Å². The van der Waals surface area contributed by atoms with Gasteiger partial charge in [-0.05, 0) is 13.0 Å². The highest BCUT2D eigenvalue weighted by Crippen LogP contribution is 2.25. The Labute approximate surface area is 82.4 Å². The van der Waals surface area contributed by atoms with Crippen LogP contribution in [-0.4, -0.2) is 22.3 Å². The van der Waals surface area contributed by atoms with Gasteiger partial charge in [-0.15, -0.1) is 0 Å². The normalized spacial score (nSPS) is 10.5. The van der Waals surface area contributed by atoms with Crippen LogP contribution in [-0.2, 0) is 7.05 Å². The summed E-state index contributed by atoms with van der Waals surface area (Å²) in [5, 5.41) is 9.60. The van der Waals surface area contributed by atoms with Gasteiger partial charge in [-0.2, -0.15) is 0 Å². The Kier molecular flexibility index (Phi) is 2.17. The molecule has 14 heavy (non-hydrogen) atoms. The summed E-state index contributed by atoms with van der Waals surface area (Å²) in [6.07, 6.45) is 1.75. The van der Waals surface area contributed by atoms with Gasteiger partial charge in [-0.3, -0.25) is 4.98 Å². The molecule has 4 nitrogen and oxygen atoms in total. The second kappa shape index (κ2) is 3.34. The lowest BCUT2D eigenvalue weighted by molar-refractivity contribution is 0.433. The maximum Gasteiger partial charge on any atom is 0.570 e. The van der Waals surface area contributed by atoms with E-state index in [4.69, 9.17) is 9.68 Å². The fourth-order valence-corrected chi connectivity index (χ4v) is 1.54. The molecule has 0 aliphatic heterocycles. The van der Waals surface area contributed by atoms with Crippen molar-refractivity contribution in [2.24, 2.45) is 7.05 Å². The summed E-state index contributed by atoms with van der Waals surface area (Å²) in [6, 6.07) is 3.76. The average molecular weight is 189 g/mol. The first-order chi connectivity index (χ1) is 6.74. The molecule has 2 aromatic rings. The van der Waals surface area contributed by atoms with Crippen LogP contribution in [0.15, 0.2) is 18.3 Å². The fraction of sp³-hybridized carbons (Fsp3) is 0.222. The summed E-state index contributed by atoms with van der Waals surface area (Å²) in [7, 11) is 2.55. The van der Waals surface area contributed by atoms with Crippen LogP contribution in [0.2, 0.25) is 0 Å². The van der Waals surface area contributed by atoms with E-state index in [0.29, 0.717) is 13.6 Å². The Morgan fingerprint density at radius 1 is 1.57 bits per heavy atom. The van der Waals surface area contributed by atoms with Crippen molar-refractivity contribution >= 4 is 18.6 Å². The molecule has 5 heteroatoms. The highest BCUT2D eigenvalue weighted by atomic mass is 16.5. The maximum atomic E-state index is 8.56. The standard InChI is InChI=1S/C9H10BN2O2/c1-6-7-5-9(14-10-13)12(2)8(7)3-4-11-6/h3-5,13H,1-2H3. The molecular formula is C9H10BN2O2. The third-order valence-corrected chi connectivity index (χ3v) is 2.30. The van der Waals surface area contributed by atoms with Crippen LogP contribution in [0.4, 0.5) is 0 Å². The molecule has 0 aliphatic rings.